The molecule has 2 aromatic carbocycles. The van der Waals surface area contributed by atoms with E-state index < -0.39 is 36.0 Å². The van der Waals surface area contributed by atoms with Crippen LogP contribution in [0.25, 0.3) is 0 Å². The molecule has 0 unspecified atom stereocenters. The number of benzene rings is 2. The summed E-state index contributed by atoms with van der Waals surface area (Å²) in [6.45, 7) is 3.61. The summed E-state index contributed by atoms with van der Waals surface area (Å²) in [5, 5.41) is 16.2. The quantitative estimate of drug-likeness (QED) is 0.839. The van der Waals surface area contributed by atoms with Crippen molar-refractivity contribution in [3.8, 4) is 0 Å². The number of rotatable bonds is 6. The number of hydrogen-bond donors (Lipinski definition) is 2. The van der Waals surface area contributed by atoms with Crippen molar-refractivity contribution in [1.29, 1.82) is 0 Å². The lowest BCUT2D eigenvalue weighted by atomic mass is 10.1. The first-order valence-electron chi connectivity index (χ1n) is 7.56. The maximum Gasteiger partial charge on any atom is 0.247 e. The minimum Gasteiger partial charge on any atom is -0.550 e. The SMILES string of the molecule is Cc1cccc(C)c1NC(=O)[C@H](CC(=O)[O-])Nc1ccc(F)c(F)c1. The van der Waals surface area contributed by atoms with E-state index in [2.05, 4.69) is 10.6 Å². The van der Waals surface area contributed by atoms with Crippen molar-refractivity contribution in [1.82, 2.24) is 0 Å². The van der Waals surface area contributed by atoms with Crippen LogP contribution in [0.5, 0.6) is 0 Å². The molecule has 0 aliphatic carbocycles. The van der Waals surface area contributed by atoms with Crippen LogP contribution in [0, 0.1) is 25.5 Å². The molecule has 7 heteroatoms. The zero-order valence-electron chi connectivity index (χ0n) is 13.7. The van der Waals surface area contributed by atoms with Gasteiger partial charge in [-0.3, -0.25) is 4.79 Å². The molecular weight excluding hydrogens is 330 g/mol. The second kappa shape index (κ2) is 7.74. The van der Waals surface area contributed by atoms with E-state index in [1.54, 1.807) is 26.0 Å². The highest BCUT2D eigenvalue weighted by Gasteiger charge is 2.20. The van der Waals surface area contributed by atoms with E-state index in [0.717, 1.165) is 23.3 Å². The number of hydrogen-bond acceptors (Lipinski definition) is 4. The third-order valence-corrected chi connectivity index (χ3v) is 3.68. The molecular formula is C18H17F2N2O3-. The Morgan fingerprint density at radius 1 is 1.08 bits per heavy atom. The van der Waals surface area contributed by atoms with Gasteiger partial charge in [-0.2, -0.15) is 0 Å². The van der Waals surface area contributed by atoms with Gasteiger partial charge in [0.15, 0.2) is 11.6 Å². The van der Waals surface area contributed by atoms with Gasteiger partial charge in [0.2, 0.25) is 5.91 Å². The molecule has 0 saturated heterocycles. The average molecular weight is 347 g/mol. The van der Waals surface area contributed by atoms with Crippen molar-refractivity contribution < 1.29 is 23.5 Å². The standard InChI is InChI=1S/C18H18F2N2O3/c1-10-4-3-5-11(2)17(10)22-18(25)15(9-16(23)24)21-12-6-7-13(19)14(20)8-12/h3-8,15,21H,9H2,1-2H3,(H,22,25)(H,23,24)/p-1/t15-/m0/s1. The highest BCUT2D eigenvalue weighted by molar-refractivity contribution is 5.99. The molecule has 0 saturated carbocycles. The number of carbonyl (C=O) groups excluding carboxylic acids is 2. The fraction of sp³-hybridized carbons (Fsp3) is 0.222. The summed E-state index contributed by atoms with van der Waals surface area (Å²) >= 11 is 0. The molecule has 5 nitrogen and oxygen atoms in total. The third-order valence-electron chi connectivity index (χ3n) is 3.68. The van der Waals surface area contributed by atoms with Crippen LogP contribution < -0.4 is 15.7 Å². The highest BCUT2D eigenvalue weighted by atomic mass is 19.2. The Kier molecular flexibility index (Phi) is 5.69. The van der Waals surface area contributed by atoms with Crippen LogP contribution in [0.4, 0.5) is 20.2 Å². The summed E-state index contributed by atoms with van der Waals surface area (Å²) in [5.41, 5.74) is 2.28. The van der Waals surface area contributed by atoms with Crippen LogP contribution in [0.15, 0.2) is 36.4 Å². The molecule has 1 amide bonds. The molecule has 0 aliphatic rings. The molecule has 2 rings (SSSR count). The predicted octanol–water partition coefficient (Wildman–Crippen LogP) is 2.14. The van der Waals surface area contributed by atoms with Crippen LogP contribution in [0.2, 0.25) is 0 Å². The summed E-state index contributed by atoms with van der Waals surface area (Å²) in [6, 6.07) is 7.18. The zero-order valence-corrected chi connectivity index (χ0v) is 13.7. The van der Waals surface area contributed by atoms with E-state index in [9.17, 15) is 23.5 Å². The van der Waals surface area contributed by atoms with E-state index in [0.29, 0.717) is 5.69 Å². The van der Waals surface area contributed by atoms with Gasteiger partial charge < -0.3 is 20.5 Å². The minimum atomic E-state index is -1.45. The Bertz CT molecular complexity index is 789. The largest absolute Gasteiger partial charge is 0.550 e. The van der Waals surface area contributed by atoms with Gasteiger partial charge in [-0.1, -0.05) is 18.2 Å². The van der Waals surface area contributed by atoms with Crippen molar-refractivity contribution in [2.75, 3.05) is 10.6 Å². The van der Waals surface area contributed by atoms with Gasteiger partial charge in [-0.05, 0) is 37.1 Å². The van der Waals surface area contributed by atoms with E-state index in [1.807, 2.05) is 6.07 Å². The summed E-state index contributed by atoms with van der Waals surface area (Å²) in [4.78, 5) is 23.4. The van der Waals surface area contributed by atoms with Gasteiger partial charge in [0, 0.05) is 29.8 Å². The Morgan fingerprint density at radius 2 is 1.72 bits per heavy atom. The van der Waals surface area contributed by atoms with E-state index in [1.165, 1.54) is 6.07 Å². The maximum absolute atomic E-state index is 13.3. The summed E-state index contributed by atoms with van der Waals surface area (Å²) in [6.07, 6.45) is -0.629. The van der Waals surface area contributed by atoms with Crippen LogP contribution in [0.1, 0.15) is 17.5 Å². The molecule has 25 heavy (non-hydrogen) atoms. The molecule has 0 radical (unpaired) electrons. The predicted molar refractivity (Wildman–Crippen MR) is 87.9 cm³/mol. The second-order valence-corrected chi connectivity index (χ2v) is 5.66. The minimum absolute atomic E-state index is 0.0850. The molecule has 0 fully saturated rings. The topological polar surface area (TPSA) is 81.3 Å². The van der Waals surface area contributed by atoms with Gasteiger partial charge in [-0.15, -0.1) is 0 Å². The molecule has 0 aromatic heterocycles. The van der Waals surface area contributed by atoms with Crippen LogP contribution >= 0.6 is 0 Å². The van der Waals surface area contributed by atoms with E-state index in [4.69, 9.17) is 0 Å². The van der Waals surface area contributed by atoms with Gasteiger partial charge >= 0.3 is 0 Å². The lowest BCUT2D eigenvalue weighted by molar-refractivity contribution is -0.305. The molecule has 1 atom stereocenters. The Balaban J connectivity index is 2.22. The van der Waals surface area contributed by atoms with Gasteiger partial charge in [0.05, 0.1) is 0 Å². The third kappa shape index (κ3) is 4.76. The van der Waals surface area contributed by atoms with Crippen LogP contribution in [-0.4, -0.2) is 17.9 Å². The number of carboxylic acid groups (broad SMARTS) is 1. The smallest absolute Gasteiger partial charge is 0.247 e. The maximum atomic E-state index is 13.3. The summed E-state index contributed by atoms with van der Waals surface area (Å²) < 4.78 is 26.3. The summed E-state index contributed by atoms with van der Waals surface area (Å²) in [5.74, 6) is -4.21. The van der Waals surface area contributed by atoms with E-state index in [-0.39, 0.29) is 5.69 Å². The molecule has 2 N–H and O–H groups in total. The van der Waals surface area contributed by atoms with Crippen LogP contribution in [0.3, 0.4) is 0 Å². The van der Waals surface area contributed by atoms with E-state index >= 15 is 0 Å². The van der Waals surface area contributed by atoms with Crippen molar-refractivity contribution in [3.05, 3.63) is 59.2 Å². The average Bonchev–Trinajstić information content (AvgIpc) is 2.53. The number of halogens is 2. The zero-order chi connectivity index (χ0) is 18.6. The number of nitrogens with one attached hydrogen (secondary N) is 2. The molecule has 0 bridgehead atoms. The Labute approximate surface area is 143 Å². The van der Waals surface area contributed by atoms with Crippen molar-refractivity contribution >= 4 is 23.3 Å². The fourth-order valence-corrected chi connectivity index (χ4v) is 2.38. The molecule has 0 heterocycles. The molecule has 0 aliphatic heterocycles. The normalized spacial score (nSPS) is 11.7. The Hall–Kier alpha value is -2.96. The highest BCUT2D eigenvalue weighted by Crippen LogP contribution is 2.21. The number of carboxylic acids is 1. The van der Waals surface area contributed by atoms with Gasteiger partial charge in [0.25, 0.3) is 0 Å². The number of aliphatic carboxylic acids is 1. The molecule has 2 aromatic rings. The van der Waals surface area contributed by atoms with Crippen molar-refractivity contribution in [2.45, 2.75) is 26.3 Å². The lowest BCUT2D eigenvalue weighted by Gasteiger charge is -2.21. The first kappa shape index (κ1) is 18.4. The number of aryl methyl sites for hydroxylation is 2. The number of amides is 1. The molecule has 132 valence electrons. The number of anilines is 2. The first-order chi connectivity index (χ1) is 11.8. The van der Waals surface area contributed by atoms with Crippen molar-refractivity contribution in [2.24, 2.45) is 0 Å². The van der Waals surface area contributed by atoms with Gasteiger partial charge in [0.1, 0.15) is 6.04 Å². The van der Waals surface area contributed by atoms with Crippen molar-refractivity contribution in [3.63, 3.8) is 0 Å². The van der Waals surface area contributed by atoms with Crippen LogP contribution in [-0.2, 0) is 9.59 Å². The monoisotopic (exact) mass is 347 g/mol. The Morgan fingerprint density at radius 3 is 2.28 bits per heavy atom. The first-order valence-corrected chi connectivity index (χ1v) is 7.56. The molecule has 0 spiro atoms. The number of para-hydroxylation sites is 1. The summed E-state index contributed by atoms with van der Waals surface area (Å²) in [7, 11) is 0. The lowest BCUT2D eigenvalue weighted by Crippen LogP contribution is -2.40. The van der Waals surface area contributed by atoms with Gasteiger partial charge in [-0.25, -0.2) is 8.78 Å². The number of carbonyl (C=O) groups is 2. The fourth-order valence-electron chi connectivity index (χ4n) is 2.38. The second-order valence-electron chi connectivity index (χ2n) is 5.66.